The third kappa shape index (κ3) is 2.60. The molecule has 1 aliphatic rings. The van der Waals surface area contributed by atoms with Crippen molar-refractivity contribution in [2.45, 2.75) is 6.54 Å². The van der Waals surface area contributed by atoms with Gasteiger partial charge in [-0.25, -0.2) is 4.68 Å². The van der Waals surface area contributed by atoms with E-state index in [0.717, 1.165) is 38.4 Å². The van der Waals surface area contributed by atoms with E-state index in [1.54, 1.807) is 0 Å². The molecule has 2 heterocycles. The molecule has 0 amide bonds. The van der Waals surface area contributed by atoms with Crippen molar-refractivity contribution in [1.29, 1.82) is 0 Å². The summed E-state index contributed by atoms with van der Waals surface area (Å²) in [5, 5.41) is 7.80. The molecule has 0 radical (unpaired) electrons. The van der Waals surface area contributed by atoms with Crippen molar-refractivity contribution >= 4 is 0 Å². The lowest BCUT2D eigenvalue weighted by Gasteiger charge is -2.26. The number of para-hydroxylation sites is 1. The van der Waals surface area contributed by atoms with Gasteiger partial charge in [-0.15, -0.1) is 0 Å². The molecule has 4 nitrogen and oxygen atoms in total. The summed E-state index contributed by atoms with van der Waals surface area (Å²) in [5.41, 5.74) is 2.39. The molecule has 2 aromatic rings. The molecular formula is C14H18N4. The maximum atomic E-state index is 4.43. The van der Waals surface area contributed by atoms with Crippen LogP contribution in [0.3, 0.4) is 0 Å². The van der Waals surface area contributed by atoms with Gasteiger partial charge in [0.05, 0.1) is 11.9 Å². The fourth-order valence-corrected chi connectivity index (χ4v) is 2.29. The Balaban J connectivity index is 1.69. The highest BCUT2D eigenvalue weighted by atomic mass is 15.3. The molecule has 1 aliphatic heterocycles. The van der Waals surface area contributed by atoms with Gasteiger partial charge in [-0.1, -0.05) is 18.2 Å². The second kappa shape index (κ2) is 5.33. The quantitative estimate of drug-likeness (QED) is 0.880. The maximum Gasteiger partial charge on any atom is 0.0645 e. The molecule has 3 rings (SSSR count). The highest BCUT2D eigenvalue weighted by molar-refractivity contribution is 5.30. The van der Waals surface area contributed by atoms with E-state index in [-0.39, 0.29) is 0 Å². The number of hydrogen-bond acceptors (Lipinski definition) is 3. The average molecular weight is 242 g/mol. The number of hydrogen-bond donors (Lipinski definition) is 1. The van der Waals surface area contributed by atoms with Gasteiger partial charge in [0.1, 0.15) is 0 Å². The normalized spacial score (nSPS) is 16.9. The van der Waals surface area contributed by atoms with Crippen molar-refractivity contribution in [3.8, 4) is 5.69 Å². The van der Waals surface area contributed by atoms with Crippen LogP contribution in [0, 0.1) is 0 Å². The molecular weight excluding hydrogens is 224 g/mol. The number of nitrogens with one attached hydrogen (secondary N) is 1. The summed E-state index contributed by atoms with van der Waals surface area (Å²) in [6.45, 7) is 5.42. The Morgan fingerprint density at radius 1 is 1.11 bits per heavy atom. The first kappa shape index (κ1) is 11.4. The predicted octanol–water partition coefficient (Wildman–Crippen LogP) is 1.28. The Labute approximate surface area is 107 Å². The van der Waals surface area contributed by atoms with Crippen LogP contribution in [0.25, 0.3) is 5.69 Å². The van der Waals surface area contributed by atoms with Gasteiger partial charge < -0.3 is 5.32 Å². The van der Waals surface area contributed by atoms with Gasteiger partial charge >= 0.3 is 0 Å². The lowest BCUT2D eigenvalue weighted by Crippen LogP contribution is -2.42. The third-order valence-corrected chi connectivity index (χ3v) is 3.27. The molecule has 1 aromatic carbocycles. The number of aromatic nitrogens is 2. The molecule has 1 N–H and O–H groups in total. The first-order valence-corrected chi connectivity index (χ1v) is 6.44. The fraction of sp³-hybridized carbons (Fsp3) is 0.357. The monoisotopic (exact) mass is 242 g/mol. The average Bonchev–Trinajstić information content (AvgIpc) is 2.89. The Bertz CT molecular complexity index is 486. The van der Waals surface area contributed by atoms with Crippen molar-refractivity contribution in [1.82, 2.24) is 20.0 Å². The number of nitrogens with zero attached hydrogens (tertiary/aromatic N) is 3. The minimum Gasteiger partial charge on any atom is -0.314 e. The van der Waals surface area contributed by atoms with Gasteiger partial charge in [0, 0.05) is 44.5 Å². The van der Waals surface area contributed by atoms with E-state index in [2.05, 4.69) is 33.6 Å². The lowest BCUT2D eigenvalue weighted by atomic mass is 10.3. The smallest absolute Gasteiger partial charge is 0.0645 e. The summed E-state index contributed by atoms with van der Waals surface area (Å²) in [4.78, 5) is 2.46. The van der Waals surface area contributed by atoms with Gasteiger partial charge in [-0.05, 0) is 12.1 Å². The van der Waals surface area contributed by atoms with E-state index < -0.39 is 0 Å². The van der Waals surface area contributed by atoms with E-state index in [1.807, 2.05) is 29.1 Å². The number of rotatable bonds is 3. The molecule has 0 unspecified atom stereocenters. The summed E-state index contributed by atoms with van der Waals surface area (Å²) in [6.07, 6.45) is 4.09. The molecule has 94 valence electrons. The molecule has 0 bridgehead atoms. The summed E-state index contributed by atoms with van der Waals surface area (Å²) < 4.78 is 1.94. The van der Waals surface area contributed by atoms with Crippen molar-refractivity contribution in [3.63, 3.8) is 0 Å². The van der Waals surface area contributed by atoms with Crippen LogP contribution in [-0.2, 0) is 6.54 Å². The minimum absolute atomic E-state index is 0.995. The molecule has 0 spiro atoms. The lowest BCUT2D eigenvalue weighted by molar-refractivity contribution is 0.233. The largest absolute Gasteiger partial charge is 0.314 e. The van der Waals surface area contributed by atoms with Crippen LogP contribution < -0.4 is 5.32 Å². The minimum atomic E-state index is 0.995. The third-order valence-electron chi connectivity index (χ3n) is 3.27. The summed E-state index contributed by atoms with van der Waals surface area (Å²) in [7, 11) is 0. The van der Waals surface area contributed by atoms with E-state index in [9.17, 15) is 0 Å². The molecule has 1 fully saturated rings. The molecule has 0 atom stereocenters. The van der Waals surface area contributed by atoms with Crippen LogP contribution in [0.2, 0.25) is 0 Å². The second-order valence-electron chi connectivity index (χ2n) is 4.65. The zero-order valence-electron chi connectivity index (χ0n) is 10.4. The van der Waals surface area contributed by atoms with E-state index in [4.69, 9.17) is 0 Å². The van der Waals surface area contributed by atoms with Crippen LogP contribution in [0.1, 0.15) is 5.56 Å². The Kier molecular flexibility index (Phi) is 3.39. The van der Waals surface area contributed by atoms with Gasteiger partial charge in [0.2, 0.25) is 0 Å². The van der Waals surface area contributed by atoms with Crippen LogP contribution in [-0.4, -0.2) is 40.9 Å². The van der Waals surface area contributed by atoms with E-state index in [1.165, 1.54) is 5.56 Å². The fourth-order valence-electron chi connectivity index (χ4n) is 2.29. The molecule has 1 aromatic heterocycles. The zero-order chi connectivity index (χ0) is 12.2. The Morgan fingerprint density at radius 3 is 2.67 bits per heavy atom. The topological polar surface area (TPSA) is 33.1 Å². The van der Waals surface area contributed by atoms with Gasteiger partial charge in [-0.2, -0.15) is 5.10 Å². The number of benzene rings is 1. The predicted molar refractivity (Wildman–Crippen MR) is 71.7 cm³/mol. The first-order chi connectivity index (χ1) is 8.92. The van der Waals surface area contributed by atoms with Crippen molar-refractivity contribution in [3.05, 3.63) is 48.3 Å². The standard InChI is InChI=1S/C14H18N4/c1-2-4-14(5-3-1)18-12-13(10-16-18)11-17-8-6-15-7-9-17/h1-5,10,12,15H,6-9,11H2. The van der Waals surface area contributed by atoms with Gasteiger partial charge in [0.25, 0.3) is 0 Å². The summed E-state index contributed by atoms with van der Waals surface area (Å²) >= 11 is 0. The molecule has 0 aliphatic carbocycles. The Morgan fingerprint density at radius 2 is 1.89 bits per heavy atom. The highest BCUT2D eigenvalue weighted by Crippen LogP contribution is 2.09. The molecule has 4 heteroatoms. The first-order valence-electron chi connectivity index (χ1n) is 6.44. The zero-order valence-corrected chi connectivity index (χ0v) is 10.4. The summed E-state index contributed by atoms with van der Waals surface area (Å²) in [6, 6.07) is 10.2. The maximum absolute atomic E-state index is 4.43. The number of piperazine rings is 1. The van der Waals surface area contributed by atoms with Crippen LogP contribution >= 0.6 is 0 Å². The van der Waals surface area contributed by atoms with Crippen molar-refractivity contribution in [2.75, 3.05) is 26.2 Å². The summed E-state index contributed by atoms with van der Waals surface area (Å²) in [5.74, 6) is 0. The van der Waals surface area contributed by atoms with Crippen LogP contribution in [0.4, 0.5) is 0 Å². The highest BCUT2D eigenvalue weighted by Gasteiger charge is 2.11. The van der Waals surface area contributed by atoms with E-state index in [0.29, 0.717) is 0 Å². The van der Waals surface area contributed by atoms with Crippen LogP contribution in [0.15, 0.2) is 42.7 Å². The van der Waals surface area contributed by atoms with Crippen molar-refractivity contribution in [2.24, 2.45) is 0 Å². The van der Waals surface area contributed by atoms with E-state index >= 15 is 0 Å². The van der Waals surface area contributed by atoms with Crippen molar-refractivity contribution < 1.29 is 0 Å². The molecule has 1 saturated heterocycles. The SMILES string of the molecule is c1ccc(-n2cc(CN3CCNCC3)cn2)cc1. The molecule has 18 heavy (non-hydrogen) atoms. The van der Waals surface area contributed by atoms with Crippen LogP contribution in [0.5, 0.6) is 0 Å². The molecule has 0 saturated carbocycles. The van der Waals surface area contributed by atoms with Gasteiger partial charge in [0.15, 0.2) is 0 Å². The Hall–Kier alpha value is -1.65. The second-order valence-corrected chi connectivity index (χ2v) is 4.65. The van der Waals surface area contributed by atoms with Gasteiger partial charge in [-0.3, -0.25) is 4.90 Å².